The Morgan fingerprint density at radius 2 is 1.21 bits per heavy atom. The Labute approximate surface area is 78.2 Å². The van der Waals surface area contributed by atoms with Crippen LogP contribution in [-0.2, 0) is 0 Å². The number of nitrogens with zero attached hydrogens (tertiary/aromatic N) is 4. The van der Waals surface area contributed by atoms with Gasteiger partial charge in [0.25, 0.3) is 0 Å². The van der Waals surface area contributed by atoms with Crippen molar-refractivity contribution in [3.63, 3.8) is 0 Å². The summed E-state index contributed by atoms with van der Waals surface area (Å²) in [4.78, 5) is 0. The van der Waals surface area contributed by atoms with Crippen LogP contribution in [-0.4, -0.2) is 20.6 Å². The molecular formula is C5H9N7O2. The fourth-order valence-corrected chi connectivity index (χ4v) is 0.440. The van der Waals surface area contributed by atoms with Crippen molar-refractivity contribution >= 4 is 17.5 Å². The summed E-state index contributed by atoms with van der Waals surface area (Å²) >= 11 is 0. The molecule has 0 spiro atoms. The normalized spacial score (nSPS) is 9.21. The van der Waals surface area contributed by atoms with E-state index < -0.39 is 0 Å². The third kappa shape index (κ3) is 2.33. The summed E-state index contributed by atoms with van der Waals surface area (Å²) in [5.41, 5.74) is 15.9. The van der Waals surface area contributed by atoms with Crippen molar-refractivity contribution in [2.24, 2.45) is 0 Å². The van der Waals surface area contributed by atoms with Crippen LogP contribution in [0, 0.1) is 6.92 Å². The second-order valence-corrected chi connectivity index (χ2v) is 2.27. The van der Waals surface area contributed by atoms with Crippen molar-refractivity contribution in [1.82, 2.24) is 20.6 Å². The van der Waals surface area contributed by atoms with E-state index in [0.29, 0.717) is 11.5 Å². The second kappa shape index (κ2) is 4.07. The average Bonchev–Trinajstić information content (AvgIpc) is 2.67. The van der Waals surface area contributed by atoms with Gasteiger partial charge in [-0.25, -0.2) is 9.26 Å². The van der Waals surface area contributed by atoms with E-state index in [9.17, 15) is 0 Å². The van der Waals surface area contributed by atoms with Crippen molar-refractivity contribution in [3.05, 3.63) is 5.69 Å². The molecule has 2 aromatic rings. The third-order valence-corrected chi connectivity index (χ3v) is 1.23. The number of anilines is 3. The zero-order valence-corrected chi connectivity index (χ0v) is 7.34. The Hall–Kier alpha value is -2.32. The van der Waals surface area contributed by atoms with Crippen LogP contribution in [0.15, 0.2) is 9.26 Å². The Bertz CT molecular complexity index is 323. The lowest BCUT2D eigenvalue weighted by Crippen LogP contribution is -1.91. The summed E-state index contributed by atoms with van der Waals surface area (Å²) < 4.78 is 8.31. The summed E-state index contributed by atoms with van der Waals surface area (Å²) in [6.07, 6.45) is 0. The van der Waals surface area contributed by atoms with Crippen LogP contribution in [0.2, 0.25) is 0 Å². The maximum absolute atomic E-state index is 5.17. The van der Waals surface area contributed by atoms with Crippen molar-refractivity contribution in [2.45, 2.75) is 6.92 Å². The van der Waals surface area contributed by atoms with Crippen LogP contribution in [0.25, 0.3) is 0 Å². The first-order valence-corrected chi connectivity index (χ1v) is 3.49. The molecule has 2 heterocycles. The molecule has 6 N–H and O–H groups in total. The minimum Gasteiger partial charge on any atom is -0.379 e. The quantitative estimate of drug-likeness (QED) is 0.493. The van der Waals surface area contributed by atoms with E-state index >= 15 is 0 Å². The lowest BCUT2D eigenvalue weighted by atomic mass is 10.5. The van der Waals surface area contributed by atoms with Gasteiger partial charge < -0.3 is 17.2 Å². The highest BCUT2D eigenvalue weighted by Gasteiger charge is 1.95. The maximum Gasteiger partial charge on any atom is 0.212 e. The Morgan fingerprint density at radius 1 is 0.786 bits per heavy atom. The molecule has 0 aliphatic heterocycles. The molecule has 0 atom stereocenters. The largest absolute Gasteiger partial charge is 0.379 e. The van der Waals surface area contributed by atoms with Crippen molar-refractivity contribution < 1.29 is 9.26 Å². The number of nitrogen functional groups attached to an aromatic ring is 3. The van der Waals surface area contributed by atoms with Gasteiger partial charge >= 0.3 is 0 Å². The first-order valence-electron chi connectivity index (χ1n) is 3.49. The second-order valence-electron chi connectivity index (χ2n) is 2.27. The lowest BCUT2D eigenvalue weighted by molar-refractivity contribution is 0.306. The lowest BCUT2D eigenvalue weighted by Gasteiger charge is -1.73. The van der Waals surface area contributed by atoms with Gasteiger partial charge in [-0.15, -0.1) is 0 Å². The number of aryl methyl sites for hydroxylation is 1. The van der Waals surface area contributed by atoms with Gasteiger partial charge in [-0.3, -0.25) is 0 Å². The molecule has 76 valence electrons. The van der Waals surface area contributed by atoms with Crippen LogP contribution in [0.3, 0.4) is 0 Å². The molecule has 0 aromatic carbocycles. The fourth-order valence-electron chi connectivity index (χ4n) is 0.440. The molecule has 9 heteroatoms. The van der Waals surface area contributed by atoms with Gasteiger partial charge in [-0.05, 0) is 22.4 Å². The molecule has 0 radical (unpaired) electrons. The topological polar surface area (TPSA) is 156 Å². The molecule has 2 rings (SSSR count). The van der Waals surface area contributed by atoms with Crippen LogP contribution < -0.4 is 17.2 Å². The summed E-state index contributed by atoms with van der Waals surface area (Å²) in [7, 11) is 0. The zero-order chi connectivity index (χ0) is 10.6. The van der Waals surface area contributed by atoms with Gasteiger partial charge in [0.15, 0.2) is 5.82 Å². The van der Waals surface area contributed by atoms with Gasteiger partial charge in [0.1, 0.15) is 5.69 Å². The highest BCUT2D eigenvalue weighted by molar-refractivity contribution is 5.49. The van der Waals surface area contributed by atoms with Gasteiger partial charge in [0.2, 0.25) is 11.6 Å². The molecule has 14 heavy (non-hydrogen) atoms. The minimum atomic E-state index is 0.139. The third-order valence-electron chi connectivity index (χ3n) is 1.23. The standard InChI is InChI=1S/C3H5N3O.C2H4N4O/c1-2-3(4)6-7-5-2;3-1-2(4)6-7-5-1/h1H3,(H2,4,6);(H2,3,5)(H2,4,6). The highest BCUT2D eigenvalue weighted by atomic mass is 16.6. The van der Waals surface area contributed by atoms with E-state index in [0.717, 1.165) is 0 Å². The van der Waals surface area contributed by atoms with Gasteiger partial charge in [-0.2, -0.15) is 0 Å². The molecule has 2 aromatic heterocycles. The summed E-state index contributed by atoms with van der Waals surface area (Å²) in [6, 6.07) is 0. The number of aromatic nitrogens is 4. The average molecular weight is 199 g/mol. The van der Waals surface area contributed by atoms with Crippen LogP contribution in [0.4, 0.5) is 17.5 Å². The van der Waals surface area contributed by atoms with E-state index in [1.165, 1.54) is 0 Å². The molecule has 0 aliphatic carbocycles. The summed E-state index contributed by atoms with van der Waals surface area (Å²) in [5, 5.41) is 13.1. The number of hydrogen-bond donors (Lipinski definition) is 3. The van der Waals surface area contributed by atoms with Gasteiger partial charge in [0.05, 0.1) is 0 Å². The molecule has 0 aliphatic rings. The number of rotatable bonds is 0. The molecule has 0 bridgehead atoms. The van der Waals surface area contributed by atoms with Gasteiger partial charge in [0, 0.05) is 0 Å². The number of hydrogen-bond acceptors (Lipinski definition) is 9. The van der Waals surface area contributed by atoms with E-state index in [2.05, 4.69) is 29.9 Å². The molecule has 9 nitrogen and oxygen atoms in total. The van der Waals surface area contributed by atoms with Crippen molar-refractivity contribution in [3.8, 4) is 0 Å². The predicted octanol–water partition coefficient (Wildman–Crippen LogP) is -0.806. The number of nitrogens with two attached hydrogens (primary N) is 3. The SMILES string of the molecule is Cc1nonc1N.Nc1nonc1N. The Morgan fingerprint density at radius 3 is 1.36 bits per heavy atom. The van der Waals surface area contributed by atoms with E-state index in [4.69, 9.17) is 17.2 Å². The fraction of sp³-hybridized carbons (Fsp3) is 0.200. The van der Waals surface area contributed by atoms with Crippen LogP contribution >= 0.6 is 0 Å². The molecule has 0 amide bonds. The Balaban J connectivity index is 0.000000140. The smallest absolute Gasteiger partial charge is 0.212 e. The van der Waals surface area contributed by atoms with Crippen molar-refractivity contribution in [1.29, 1.82) is 0 Å². The monoisotopic (exact) mass is 199 g/mol. The maximum atomic E-state index is 5.17. The zero-order valence-electron chi connectivity index (χ0n) is 7.34. The van der Waals surface area contributed by atoms with Crippen LogP contribution in [0.5, 0.6) is 0 Å². The summed E-state index contributed by atoms with van der Waals surface area (Å²) in [5.74, 6) is 0.639. The Kier molecular flexibility index (Phi) is 2.84. The predicted molar refractivity (Wildman–Crippen MR) is 46.6 cm³/mol. The van der Waals surface area contributed by atoms with Crippen molar-refractivity contribution in [2.75, 3.05) is 17.2 Å². The van der Waals surface area contributed by atoms with E-state index in [1.54, 1.807) is 6.92 Å². The first-order chi connectivity index (χ1) is 6.61. The van der Waals surface area contributed by atoms with Gasteiger partial charge in [-0.1, -0.05) is 5.16 Å². The van der Waals surface area contributed by atoms with E-state index in [-0.39, 0.29) is 11.6 Å². The molecular weight excluding hydrogens is 190 g/mol. The minimum absolute atomic E-state index is 0.139. The summed E-state index contributed by atoms with van der Waals surface area (Å²) in [6.45, 7) is 1.73. The molecule has 0 saturated heterocycles. The first kappa shape index (κ1) is 9.77. The molecule has 0 fully saturated rings. The highest BCUT2D eigenvalue weighted by Crippen LogP contribution is 2.02. The van der Waals surface area contributed by atoms with E-state index in [1.807, 2.05) is 0 Å². The van der Waals surface area contributed by atoms with Crippen LogP contribution in [0.1, 0.15) is 5.69 Å². The molecule has 0 saturated carbocycles. The molecule has 0 unspecified atom stereocenters.